The summed E-state index contributed by atoms with van der Waals surface area (Å²) in [6, 6.07) is 17.3. The maximum absolute atomic E-state index is 12.5. The number of halogens is 3. The second-order valence-electron chi connectivity index (χ2n) is 7.20. The number of amides is 2. The summed E-state index contributed by atoms with van der Waals surface area (Å²) >= 11 is 16.7. The predicted molar refractivity (Wildman–Crippen MR) is 143 cm³/mol. The van der Waals surface area contributed by atoms with E-state index in [9.17, 15) is 9.59 Å². The molecule has 10 heteroatoms. The van der Waals surface area contributed by atoms with Gasteiger partial charge in [-0.3, -0.25) is 9.59 Å². The molecule has 6 nitrogen and oxygen atoms in total. The highest BCUT2D eigenvalue weighted by molar-refractivity contribution is 9.10. The zero-order chi connectivity index (χ0) is 24.9. The van der Waals surface area contributed by atoms with E-state index in [4.69, 9.17) is 32.7 Å². The van der Waals surface area contributed by atoms with Gasteiger partial charge in [-0.25, -0.2) is 0 Å². The van der Waals surface area contributed by atoms with E-state index in [0.717, 1.165) is 17.3 Å². The Morgan fingerprint density at radius 2 is 1.86 bits per heavy atom. The largest absolute Gasteiger partial charge is 0.493 e. The van der Waals surface area contributed by atoms with Crippen molar-refractivity contribution in [1.82, 2.24) is 5.32 Å². The summed E-state index contributed by atoms with van der Waals surface area (Å²) in [6.07, 6.45) is 1.68. The Hall–Kier alpha value is -2.78. The Bertz CT molecular complexity index is 1360. The normalized spacial score (nSPS) is 15.4. The standard InChI is InChI=1S/C25H17BrCl2N2O4S/c1-33-20-10-16(18(26)12-21(20)34-13-15-4-2-3-5-19(15)28)11-22-24(32)30-25(35-22)29-23(31)14-6-8-17(27)9-7-14/h2-12H,13H2,1H3,(H,29,30,31,32)/b22-11-. The second-order valence-corrected chi connectivity index (χ2v) is 9.93. The van der Waals surface area contributed by atoms with Crippen molar-refractivity contribution < 1.29 is 19.1 Å². The second kappa shape index (κ2) is 11.3. The van der Waals surface area contributed by atoms with Gasteiger partial charge < -0.3 is 14.8 Å². The van der Waals surface area contributed by atoms with E-state index in [1.54, 1.807) is 48.5 Å². The summed E-state index contributed by atoms with van der Waals surface area (Å²) in [7, 11) is 1.53. The monoisotopic (exact) mass is 590 g/mol. The van der Waals surface area contributed by atoms with Gasteiger partial charge in [0.25, 0.3) is 11.8 Å². The van der Waals surface area contributed by atoms with E-state index in [2.05, 4.69) is 26.2 Å². The summed E-state index contributed by atoms with van der Waals surface area (Å²) in [6.45, 7) is 0.267. The number of ether oxygens (including phenoxy) is 2. The molecule has 3 aromatic carbocycles. The number of amidine groups is 1. The minimum Gasteiger partial charge on any atom is -0.493 e. The number of methoxy groups -OCH3 is 1. The van der Waals surface area contributed by atoms with Gasteiger partial charge in [-0.2, -0.15) is 4.99 Å². The molecule has 2 amide bonds. The van der Waals surface area contributed by atoms with Gasteiger partial charge in [0, 0.05) is 25.6 Å². The van der Waals surface area contributed by atoms with Crippen LogP contribution in [-0.4, -0.2) is 24.1 Å². The van der Waals surface area contributed by atoms with Crippen molar-refractivity contribution in [1.29, 1.82) is 0 Å². The average Bonchev–Trinajstić information content (AvgIpc) is 3.18. The molecule has 0 saturated carbocycles. The molecule has 1 heterocycles. The molecule has 0 aliphatic carbocycles. The van der Waals surface area contributed by atoms with Gasteiger partial charge in [0.05, 0.1) is 12.0 Å². The fraction of sp³-hybridized carbons (Fsp3) is 0.0800. The van der Waals surface area contributed by atoms with Crippen molar-refractivity contribution in [2.45, 2.75) is 6.61 Å². The summed E-state index contributed by atoms with van der Waals surface area (Å²) in [4.78, 5) is 29.2. The van der Waals surface area contributed by atoms with Gasteiger partial charge in [0.1, 0.15) is 6.61 Å². The van der Waals surface area contributed by atoms with Crippen LogP contribution in [0.2, 0.25) is 10.0 Å². The molecule has 1 aliphatic heterocycles. The van der Waals surface area contributed by atoms with Crippen molar-refractivity contribution >= 4 is 74.0 Å². The number of carbonyl (C=O) groups is 2. The molecule has 0 spiro atoms. The van der Waals surface area contributed by atoms with Gasteiger partial charge in [0.15, 0.2) is 16.7 Å². The highest BCUT2D eigenvalue weighted by atomic mass is 79.9. The summed E-state index contributed by atoms with van der Waals surface area (Å²) in [5.74, 6) is 0.166. The van der Waals surface area contributed by atoms with Crippen molar-refractivity contribution in [2.75, 3.05) is 7.11 Å². The molecule has 1 N–H and O–H groups in total. The molecule has 0 bridgehead atoms. The molecule has 1 saturated heterocycles. The van der Waals surface area contributed by atoms with Crippen LogP contribution in [0.4, 0.5) is 0 Å². The SMILES string of the molecule is COc1cc(/C=C2\SC(=NC(=O)c3ccc(Cl)cc3)NC2=O)c(Br)cc1OCc1ccccc1Cl. The van der Waals surface area contributed by atoms with Crippen LogP contribution in [0.5, 0.6) is 11.5 Å². The van der Waals surface area contributed by atoms with Crippen LogP contribution in [0.3, 0.4) is 0 Å². The van der Waals surface area contributed by atoms with Crippen LogP contribution in [0.15, 0.2) is 75.0 Å². The molecule has 0 aromatic heterocycles. The number of thioether (sulfide) groups is 1. The minimum atomic E-state index is -0.478. The lowest BCUT2D eigenvalue weighted by atomic mass is 10.1. The number of rotatable bonds is 6. The number of nitrogens with zero attached hydrogens (tertiary/aromatic N) is 1. The molecule has 4 rings (SSSR count). The Morgan fingerprint density at radius 1 is 1.11 bits per heavy atom. The lowest BCUT2D eigenvalue weighted by molar-refractivity contribution is -0.115. The lowest BCUT2D eigenvalue weighted by Gasteiger charge is -2.13. The molecular weight excluding hydrogens is 575 g/mol. The maximum atomic E-state index is 12.5. The molecule has 178 valence electrons. The zero-order valence-corrected chi connectivity index (χ0v) is 22.1. The van der Waals surface area contributed by atoms with Crippen LogP contribution in [0, 0.1) is 0 Å². The summed E-state index contributed by atoms with van der Waals surface area (Å²) in [5, 5.41) is 3.94. The topological polar surface area (TPSA) is 77.0 Å². The Kier molecular flexibility index (Phi) is 8.18. The Morgan fingerprint density at radius 3 is 2.57 bits per heavy atom. The quantitative estimate of drug-likeness (QED) is 0.321. The molecule has 3 aromatic rings. The molecule has 35 heavy (non-hydrogen) atoms. The third kappa shape index (κ3) is 6.27. The number of nitrogens with one attached hydrogen (secondary N) is 1. The van der Waals surface area contributed by atoms with E-state index >= 15 is 0 Å². The van der Waals surface area contributed by atoms with E-state index in [1.807, 2.05) is 18.2 Å². The highest BCUT2D eigenvalue weighted by Crippen LogP contribution is 2.37. The van der Waals surface area contributed by atoms with Crippen LogP contribution < -0.4 is 14.8 Å². The fourth-order valence-corrected chi connectivity index (χ4v) is 4.64. The third-order valence-corrected chi connectivity index (χ3v) is 7.07. The number of hydrogen-bond acceptors (Lipinski definition) is 5. The molecule has 0 atom stereocenters. The van der Waals surface area contributed by atoms with Crippen molar-refractivity contribution in [2.24, 2.45) is 4.99 Å². The third-order valence-electron chi connectivity index (χ3n) is 4.86. The number of aliphatic imine (C=N–C) groups is 1. The van der Waals surface area contributed by atoms with E-state index < -0.39 is 5.91 Å². The zero-order valence-electron chi connectivity index (χ0n) is 18.2. The number of carbonyl (C=O) groups excluding carboxylic acids is 2. The molecule has 0 unspecified atom stereocenters. The van der Waals surface area contributed by atoms with Crippen molar-refractivity contribution in [3.05, 3.63) is 96.8 Å². The molecular formula is C25H17BrCl2N2O4S. The van der Waals surface area contributed by atoms with Gasteiger partial charge >= 0.3 is 0 Å². The van der Waals surface area contributed by atoms with Crippen molar-refractivity contribution in [3.8, 4) is 11.5 Å². The predicted octanol–water partition coefficient (Wildman–Crippen LogP) is 6.74. The first-order valence-corrected chi connectivity index (χ1v) is 12.5. The van der Waals surface area contributed by atoms with E-state index in [1.165, 1.54) is 7.11 Å². The van der Waals surface area contributed by atoms with Crippen molar-refractivity contribution in [3.63, 3.8) is 0 Å². The van der Waals surface area contributed by atoms with Gasteiger partial charge in [-0.15, -0.1) is 0 Å². The maximum Gasteiger partial charge on any atom is 0.279 e. The van der Waals surface area contributed by atoms with E-state index in [0.29, 0.717) is 42.0 Å². The summed E-state index contributed by atoms with van der Waals surface area (Å²) in [5.41, 5.74) is 1.90. The first-order chi connectivity index (χ1) is 16.8. The van der Waals surface area contributed by atoms with Gasteiger partial charge in [0.2, 0.25) is 0 Å². The Balaban J connectivity index is 1.52. The lowest BCUT2D eigenvalue weighted by Crippen LogP contribution is -2.20. The van der Waals surface area contributed by atoms with Crippen LogP contribution in [0.25, 0.3) is 6.08 Å². The van der Waals surface area contributed by atoms with Crippen LogP contribution in [-0.2, 0) is 11.4 Å². The van der Waals surface area contributed by atoms with Gasteiger partial charge in [-0.1, -0.05) is 57.3 Å². The molecule has 0 radical (unpaired) electrons. The fourth-order valence-electron chi connectivity index (χ4n) is 3.08. The Labute approximate surface area is 224 Å². The van der Waals surface area contributed by atoms with Crippen LogP contribution >= 0.6 is 50.9 Å². The van der Waals surface area contributed by atoms with Crippen LogP contribution in [0.1, 0.15) is 21.5 Å². The first kappa shape index (κ1) is 25.3. The van der Waals surface area contributed by atoms with Gasteiger partial charge in [-0.05, 0) is 65.9 Å². The smallest absolute Gasteiger partial charge is 0.279 e. The average molecular weight is 592 g/mol. The molecule has 1 fully saturated rings. The molecule has 1 aliphatic rings. The minimum absolute atomic E-state index is 0.198. The van der Waals surface area contributed by atoms with E-state index in [-0.39, 0.29) is 17.7 Å². The first-order valence-electron chi connectivity index (χ1n) is 10.2. The number of benzene rings is 3. The highest BCUT2D eigenvalue weighted by Gasteiger charge is 2.25. The summed E-state index contributed by atoms with van der Waals surface area (Å²) < 4.78 is 12.1. The number of hydrogen-bond donors (Lipinski definition) is 1.